The van der Waals surface area contributed by atoms with Gasteiger partial charge in [0.1, 0.15) is 0 Å². The van der Waals surface area contributed by atoms with Crippen molar-refractivity contribution in [3.05, 3.63) is 40.3 Å². The van der Waals surface area contributed by atoms with Crippen LogP contribution in [0.2, 0.25) is 0 Å². The first kappa shape index (κ1) is 17.8. The van der Waals surface area contributed by atoms with Crippen LogP contribution in [0, 0.1) is 0 Å². The number of aryl methyl sites for hydroxylation is 1. The molecular formula is C18H23N3O3. The summed E-state index contributed by atoms with van der Waals surface area (Å²) in [4.78, 5) is 42.2. The summed E-state index contributed by atoms with van der Waals surface area (Å²) in [6.45, 7) is 5.60. The molecule has 0 aliphatic rings. The van der Waals surface area contributed by atoms with Crippen LogP contribution < -0.4 is 10.6 Å². The van der Waals surface area contributed by atoms with E-state index in [0.717, 1.165) is 15.1 Å². The number of rotatable bonds is 6. The largest absolute Gasteiger partial charge is 0.274 e. The van der Waals surface area contributed by atoms with Crippen LogP contribution >= 0.6 is 0 Å². The highest BCUT2D eigenvalue weighted by atomic mass is 16.2. The summed E-state index contributed by atoms with van der Waals surface area (Å²) in [5.74, 6) is -0.753. The minimum Gasteiger partial charge on any atom is -0.273 e. The van der Waals surface area contributed by atoms with Crippen LogP contribution in [0.25, 0.3) is 11.0 Å². The molecule has 0 aliphatic carbocycles. The fourth-order valence-electron chi connectivity index (χ4n) is 2.62. The standard InChI is InChI=1S/C18H23N3O3/c1-4-8-15(22)20(16(23)9-5-2)21-17-14(10-7-11-19-17)12-13(6-3)18(21)24/h7,10-12H,4-6,8-9H2,1-3H3. The molecule has 2 aromatic rings. The SMILES string of the molecule is CCCC(=O)N(C(=O)CCC)n1c(=O)c(CC)cc2cccnc21. The Balaban J connectivity index is 2.76. The summed E-state index contributed by atoms with van der Waals surface area (Å²) in [6, 6.07) is 5.36. The molecular weight excluding hydrogens is 306 g/mol. The predicted molar refractivity (Wildman–Crippen MR) is 93.4 cm³/mol. The third kappa shape index (κ3) is 3.37. The van der Waals surface area contributed by atoms with E-state index in [2.05, 4.69) is 4.98 Å². The minimum atomic E-state index is -0.377. The van der Waals surface area contributed by atoms with Gasteiger partial charge in [-0.1, -0.05) is 20.8 Å². The van der Waals surface area contributed by atoms with E-state index in [1.165, 1.54) is 0 Å². The number of carbonyl (C=O) groups is 2. The Labute approximate surface area is 141 Å². The molecule has 0 N–H and O–H groups in total. The summed E-state index contributed by atoms with van der Waals surface area (Å²) in [7, 11) is 0. The zero-order valence-electron chi connectivity index (χ0n) is 14.4. The van der Waals surface area contributed by atoms with Crippen LogP contribution in [0.3, 0.4) is 0 Å². The van der Waals surface area contributed by atoms with E-state index in [4.69, 9.17) is 0 Å². The molecule has 0 radical (unpaired) electrons. The van der Waals surface area contributed by atoms with Crippen molar-refractivity contribution in [2.75, 3.05) is 5.01 Å². The smallest absolute Gasteiger partial charge is 0.273 e. The molecule has 6 heteroatoms. The number of aromatic nitrogens is 2. The van der Waals surface area contributed by atoms with Gasteiger partial charge in [-0.25, -0.2) is 4.98 Å². The first-order chi connectivity index (χ1) is 11.5. The molecule has 2 aromatic heterocycles. The van der Waals surface area contributed by atoms with E-state index in [1.807, 2.05) is 26.8 Å². The van der Waals surface area contributed by atoms with Crippen molar-refractivity contribution in [2.24, 2.45) is 0 Å². The fourth-order valence-corrected chi connectivity index (χ4v) is 2.62. The number of hydrogen-bond acceptors (Lipinski definition) is 4. The number of imide groups is 1. The number of carbonyl (C=O) groups excluding carboxylic acids is 2. The molecule has 0 saturated carbocycles. The van der Waals surface area contributed by atoms with E-state index < -0.39 is 0 Å². The van der Waals surface area contributed by atoms with Crippen molar-refractivity contribution in [1.29, 1.82) is 0 Å². The van der Waals surface area contributed by atoms with Crippen molar-refractivity contribution >= 4 is 22.8 Å². The van der Waals surface area contributed by atoms with Crippen molar-refractivity contribution in [3.8, 4) is 0 Å². The zero-order chi connectivity index (χ0) is 17.7. The Morgan fingerprint density at radius 2 is 1.75 bits per heavy atom. The van der Waals surface area contributed by atoms with Crippen molar-refractivity contribution in [3.63, 3.8) is 0 Å². The van der Waals surface area contributed by atoms with E-state index >= 15 is 0 Å². The van der Waals surface area contributed by atoms with Gasteiger partial charge in [0.05, 0.1) is 0 Å². The first-order valence-electron chi connectivity index (χ1n) is 8.40. The van der Waals surface area contributed by atoms with Crippen LogP contribution in [0.15, 0.2) is 29.2 Å². The number of amides is 2. The third-order valence-electron chi connectivity index (χ3n) is 3.80. The Kier molecular flexibility index (Phi) is 5.84. The summed E-state index contributed by atoms with van der Waals surface area (Å²) < 4.78 is 1.16. The van der Waals surface area contributed by atoms with Gasteiger partial charge in [0, 0.05) is 30.0 Å². The molecule has 0 bridgehead atoms. The van der Waals surface area contributed by atoms with Crippen LogP contribution in [-0.4, -0.2) is 21.5 Å². The van der Waals surface area contributed by atoms with Crippen molar-refractivity contribution in [1.82, 2.24) is 9.66 Å². The molecule has 0 atom stereocenters. The van der Waals surface area contributed by atoms with E-state index in [1.54, 1.807) is 18.3 Å². The average molecular weight is 329 g/mol. The van der Waals surface area contributed by atoms with Gasteiger partial charge in [0.15, 0.2) is 5.65 Å². The molecule has 0 saturated heterocycles. The Bertz CT molecular complexity index is 793. The molecule has 0 aliphatic heterocycles. The Morgan fingerprint density at radius 1 is 1.12 bits per heavy atom. The van der Waals surface area contributed by atoms with Gasteiger partial charge in [-0.05, 0) is 37.5 Å². The van der Waals surface area contributed by atoms with Gasteiger partial charge in [0.25, 0.3) is 5.56 Å². The molecule has 2 heterocycles. The van der Waals surface area contributed by atoms with Gasteiger partial charge >= 0.3 is 0 Å². The lowest BCUT2D eigenvalue weighted by molar-refractivity contribution is -0.129. The number of fused-ring (bicyclic) bond motifs is 1. The number of pyridine rings is 2. The second-order valence-electron chi connectivity index (χ2n) is 5.66. The monoisotopic (exact) mass is 329 g/mol. The molecule has 0 aromatic carbocycles. The van der Waals surface area contributed by atoms with Gasteiger partial charge in [-0.2, -0.15) is 9.69 Å². The maximum absolute atomic E-state index is 12.8. The number of nitrogens with zero attached hydrogens (tertiary/aromatic N) is 3. The molecule has 0 fully saturated rings. The third-order valence-corrected chi connectivity index (χ3v) is 3.80. The van der Waals surface area contributed by atoms with Gasteiger partial charge in [-0.3, -0.25) is 14.4 Å². The zero-order valence-corrected chi connectivity index (χ0v) is 14.4. The molecule has 0 unspecified atom stereocenters. The lowest BCUT2D eigenvalue weighted by Gasteiger charge is -2.24. The normalized spacial score (nSPS) is 10.8. The summed E-state index contributed by atoms with van der Waals surface area (Å²) in [5, 5.41) is 1.72. The highest BCUT2D eigenvalue weighted by Crippen LogP contribution is 2.13. The minimum absolute atomic E-state index is 0.201. The quantitative estimate of drug-likeness (QED) is 0.816. The highest BCUT2D eigenvalue weighted by Gasteiger charge is 2.26. The van der Waals surface area contributed by atoms with Crippen LogP contribution in [0.5, 0.6) is 0 Å². The van der Waals surface area contributed by atoms with Crippen LogP contribution in [0.1, 0.15) is 52.0 Å². The van der Waals surface area contributed by atoms with Gasteiger partial charge < -0.3 is 0 Å². The first-order valence-corrected chi connectivity index (χ1v) is 8.40. The second-order valence-corrected chi connectivity index (χ2v) is 5.66. The van der Waals surface area contributed by atoms with E-state index in [9.17, 15) is 14.4 Å². The highest BCUT2D eigenvalue weighted by molar-refractivity contribution is 6.09. The Hall–Kier alpha value is -2.50. The molecule has 0 spiro atoms. The number of hydrogen-bond donors (Lipinski definition) is 0. The Morgan fingerprint density at radius 3 is 2.29 bits per heavy atom. The van der Waals surface area contributed by atoms with Gasteiger partial charge in [0.2, 0.25) is 11.8 Å². The fraction of sp³-hybridized carbons (Fsp3) is 0.444. The van der Waals surface area contributed by atoms with E-state index in [0.29, 0.717) is 30.5 Å². The van der Waals surface area contributed by atoms with Crippen molar-refractivity contribution < 1.29 is 9.59 Å². The summed E-state index contributed by atoms with van der Waals surface area (Å²) >= 11 is 0. The van der Waals surface area contributed by atoms with Crippen LogP contribution in [-0.2, 0) is 16.0 Å². The predicted octanol–water partition coefficient (Wildman–Crippen LogP) is 2.55. The van der Waals surface area contributed by atoms with Gasteiger partial charge in [-0.15, -0.1) is 0 Å². The lowest BCUT2D eigenvalue weighted by Crippen LogP contribution is -2.51. The maximum Gasteiger partial charge on any atom is 0.274 e. The average Bonchev–Trinajstić information content (AvgIpc) is 2.57. The molecule has 24 heavy (non-hydrogen) atoms. The molecule has 2 amide bonds. The lowest BCUT2D eigenvalue weighted by atomic mass is 10.1. The second kappa shape index (κ2) is 7.86. The summed E-state index contributed by atoms with van der Waals surface area (Å²) in [6.07, 6.45) is 3.67. The molecule has 128 valence electrons. The van der Waals surface area contributed by atoms with Crippen LogP contribution in [0.4, 0.5) is 0 Å². The molecule has 6 nitrogen and oxygen atoms in total. The topological polar surface area (TPSA) is 72.3 Å². The summed E-state index contributed by atoms with van der Waals surface area (Å²) in [5.41, 5.74) is 0.514. The van der Waals surface area contributed by atoms with E-state index in [-0.39, 0.29) is 30.2 Å². The van der Waals surface area contributed by atoms with Crippen molar-refractivity contribution in [2.45, 2.75) is 52.9 Å². The molecule has 2 rings (SSSR count). The maximum atomic E-state index is 12.8.